The molecule has 7 heteroatoms. The summed E-state index contributed by atoms with van der Waals surface area (Å²) >= 11 is 0. The molecular weight excluding hydrogens is 344 g/mol. The molecule has 1 aliphatic heterocycles. The highest BCUT2D eigenvalue weighted by atomic mass is 16.5. The molecule has 0 aliphatic carbocycles. The predicted octanol–water partition coefficient (Wildman–Crippen LogP) is 2.58. The molecule has 1 unspecified atom stereocenters. The first-order chi connectivity index (χ1) is 13.0. The fraction of sp³-hybridized carbons (Fsp3) is 0.450. The van der Waals surface area contributed by atoms with Crippen LogP contribution in [0, 0.1) is 0 Å². The van der Waals surface area contributed by atoms with Crippen LogP contribution in [-0.4, -0.2) is 42.9 Å². The van der Waals surface area contributed by atoms with Crippen molar-refractivity contribution in [2.45, 2.75) is 39.3 Å². The van der Waals surface area contributed by atoms with Gasteiger partial charge in [0, 0.05) is 19.1 Å². The van der Waals surface area contributed by atoms with Crippen LogP contribution in [0.5, 0.6) is 11.5 Å². The molecule has 1 aromatic carbocycles. The summed E-state index contributed by atoms with van der Waals surface area (Å²) in [6.07, 6.45) is 1.76. The van der Waals surface area contributed by atoms with Crippen molar-refractivity contribution >= 4 is 11.7 Å². The number of benzene rings is 1. The number of hydrogen-bond donors (Lipinski definition) is 1. The molecule has 3 rings (SSSR count). The molecule has 0 saturated carbocycles. The van der Waals surface area contributed by atoms with Crippen LogP contribution >= 0.6 is 0 Å². The van der Waals surface area contributed by atoms with Crippen molar-refractivity contribution < 1.29 is 14.3 Å². The minimum Gasteiger partial charge on any atom is -0.493 e. The number of carbonyl (C=O) groups is 1. The van der Waals surface area contributed by atoms with Crippen LogP contribution in [-0.2, 0) is 13.0 Å². The van der Waals surface area contributed by atoms with E-state index in [1.54, 1.807) is 20.3 Å². The largest absolute Gasteiger partial charge is 0.493 e. The van der Waals surface area contributed by atoms with Crippen LogP contribution in [0.15, 0.2) is 24.3 Å². The SMILES string of the molecule is CCC(C)NC(=O)c1ccc(N2CCc3cc(OC)c(OC)cc3C2)nn1. The Morgan fingerprint density at radius 3 is 2.48 bits per heavy atom. The minimum atomic E-state index is -0.191. The lowest BCUT2D eigenvalue weighted by Crippen LogP contribution is -2.33. The van der Waals surface area contributed by atoms with Crippen LogP contribution in [0.3, 0.4) is 0 Å². The lowest BCUT2D eigenvalue weighted by atomic mass is 9.99. The van der Waals surface area contributed by atoms with E-state index in [9.17, 15) is 4.79 Å². The number of ether oxygens (including phenoxy) is 2. The Bertz CT molecular complexity index is 808. The number of anilines is 1. The molecular formula is C20H26N4O3. The third-order valence-electron chi connectivity index (χ3n) is 4.92. The third-order valence-corrected chi connectivity index (χ3v) is 4.92. The molecule has 27 heavy (non-hydrogen) atoms. The topological polar surface area (TPSA) is 76.6 Å². The van der Waals surface area contributed by atoms with Crippen LogP contribution in [0.1, 0.15) is 41.9 Å². The van der Waals surface area contributed by atoms with E-state index in [4.69, 9.17) is 9.47 Å². The second kappa shape index (κ2) is 8.24. The standard InChI is InChI=1S/C20H26N4O3/c1-5-13(2)21-20(25)16-6-7-19(23-22-16)24-9-8-14-10-17(26-3)18(27-4)11-15(14)12-24/h6-7,10-11,13H,5,8-9,12H2,1-4H3,(H,21,25). The molecule has 0 bridgehead atoms. The van der Waals surface area contributed by atoms with E-state index in [1.807, 2.05) is 32.0 Å². The summed E-state index contributed by atoms with van der Waals surface area (Å²) in [4.78, 5) is 14.3. The highest BCUT2D eigenvalue weighted by molar-refractivity contribution is 5.92. The number of nitrogens with zero attached hydrogens (tertiary/aromatic N) is 3. The molecule has 2 heterocycles. The first-order valence-electron chi connectivity index (χ1n) is 9.19. The second-order valence-electron chi connectivity index (χ2n) is 6.71. The molecule has 0 spiro atoms. The van der Waals surface area contributed by atoms with Gasteiger partial charge in [0.1, 0.15) is 0 Å². The average molecular weight is 370 g/mol. The highest BCUT2D eigenvalue weighted by Crippen LogP contribution is 2.34. The van der Waals surface area contributed by atoms with Gasteiger partial charge in [0.2, 0.25) is 0 Å². The molecule has 0 saturated heterocycles. The predicted molar refractivity (Wildman–Crippen MR) is 104 cm³/mol. The number of hydrogen-bond acceptors (Lipinski definition) is 6. The average Bonchev–Trinajstić information content (AvgIpc) is 2.72. The quantitative estimate of drug-likeness (QED) is 0.842. The Morgan fingerprint density at radius 1 is 1.19 bits per heavy atom. The van der Waals surface area contributed by atoms with Crippen molar-refractivity contribution in [1.82, 2.24) is 15.5 Å². The van der Waals surface area contributed by atoms with Crippen LogP contribution in [0.4, 0.5) is 5.82 Å². The molecule has 2 aromatic rings. The second-order valence-corrected chi connectivity index (χ2v) is 6.71. The Labute approximate surface area is 159 Å². The zero-order valence-electron chi connectivity index (χ0n) is 16.3. The maximum atomic E-state index is 12.1. The van der Waals surface area contributed by atoms with Gasteiger partial charge in [0.25, 0.3) is 5.91 Å². The van der Waals surface area contributed by atoms with Gasteiger partial charge in [-0.15, -0.1) is 10.2 Å². The Kier molecular flexibility index (Phi) is 5.78. The lowest BCUT2D eigenvalue weighted by molar-refractivity contribution is 0.0933. The zero-order chi connectivity index (χ0) is 19.4. The summed E-state index contributed by atoms with van der Waals surface area (Å²) in [5.74, 6) is 2.04. The number of rotatable bonds is 6. The van der Waals surface area contributed by atoms with Crippen molar-refractivity contribution in [3.63, 3.8) is 0 Å². The monoisotopic (exact) mass is 370 g/mol. The van der Waals surface area contributed by atoms with Gasteiger partial charge in [-0.25, -0.2) is 0 Å². The summed E-state index contributed by atoms with van der Waals surface area (Å²) in [7, 11) is 3.29. The van der Waals surface area contributed by atoms with Crippen LogP contribution < -0.4 is 19.7 Å². The first kappa shape index (κ1) is 18.9. The van der Waals surface area contributed by atoms with Crippen molar-refractivity contribution in [3.8, 4) is 11.5 Å². The minimum absolute atomic E-state index is 0.115. The maximum Gasteiger partial charge on any atom is 0.272 e. The summed E-state index contributed by atoms with van der Waals surface area (Å²) in [5, 5.41) is 11.3. The first-order valence-corrected chi connectivity index (χ1v) is 9.19. The van der Waals surface area contributed by atoms with Crippen LogP contribution in [0.2, 0.25) is 0 Å². The fourth-order valence-corrected chi connectivity index (χ4v) is 3.09. The van der Waals surface area contributed by atoms with Crippen molar-refractivity contribution in [1.29, 1.82) is 0 Å². The van der Waals surface area contributed by atoms with Gasteiger partial charge >= 0.3 is 0 Å². The van der Waals surface area contributed by atoms with Crippen molar-refractivity contribution in [2.75, 3.05) is 25.7 Å². The van der Waals surface area contributed by atoms with Crippen LogP contribution in [0.25, 0.3) is 0 Å². The van der Waals surface area contributed by atoms with E-state index in [1.165, 1.54) is 11.1 Å². The smallest absolute Gasteiger partial charge is 0.272 e. The fourth-order valence-electron chi connectivity index (χ4n) is 3.09. The normalized spacial score (nSPS) is 14.3. The van der Waals surface area contributed by atoms with E-state index >= 15 is 0 Å². The van der Waals surface area contributed by atoms with Gasteiger partial charge in [0.05, 0.1) is 14.2 Å². The Balaban J connectivity index is 1.74. The van der Waals surface area contributed by atoms with Crippen molar-refractivity contribution in [2.24, 2.45) is 0 Å². The highest BCUT2D eigenvalue weighted by Gasteiger charge is 2.21. The Hall–Kier alpha value is -2.83. The number of carbonyl (C=O) groups excluding carboxylic acids is 1. The van der Waals surface area contributed by atoms with Gasteiger partial charge in [-0.05, 0) is 55.2 Å². The summed E-state index contributed by atoms with van der Waals surface area (Å²) < 4.78 is 10.8. The van der Waals surface area contributed by atoms with Gasteiger partial charge in [-0.1, -0.05) is 6.92 Å². The van der Waals surface area contributed by atoms with E-state index in [-0.39, 0.29) is 11.9 Å². The summed E-state index contributed by atoms with van der Waals surface area (Å²) in [6.45, 7) is 5.53. The summed E-state index contributed by atoms with van der Waals surface area (Å²) in [5.41, 5.74) is 2.77. The molecule has 1 amide bonds. The number of methoxy groups -OCH3 is 2. The van der Waals surface area contributed by atoms with Gasteiger partial charge < -0.3 is 19.7 Å². The zero-order valence-corrected chi connectivity index (χ0v) is 16.3. The maximum absolute atomic E-state index is 12.1. The molecule has 1 aliphatic rings. The van der Waals surface area contributed by atoms with Gasteiger partial charge in [0.15, 0.2) is 23.0 Å². The molecule has 7 nitrogen and oxygen atoms in total. The van der Waals surface area contributed by atoms with Gasteiger partial charge in [-0.2, -0.15) is 0 Å². The third kappa shape index (κ3) is 4.13. The number of nitrogens with one attached hydrogen (secondary N) is 1. The van der Waals surface area contributed by atoms with Crippen molar-refractivity contribution in [3.05, 3.63) is 41.1 Å². The molecule has 0 fully saturated rings. The van der Waals surface area contributed by atoms with E-state index < -0.39 is 0 Å². The molecule has 144 valence electrons. The Morgan fingerprint density at radius 2 is 1.89 bits per heavy atom. The number of amides is 1. The number of fused-ring (bicyclic) bond motifs is 1. The lowest BCUT2D eigenvalue weighted by Gasteiger charge is -2.30. The van der Waals surface area contributed by atoms with E-state index in [2.05, 4.69) is 20.4 Å². The number of aromatic nitrogens is 2. The summed E-state index contributed by atoms with van der Waals surface area (Å²) in [6, 6.07) is 7.75. The van der Waals surface area contributed by atoms with E-state index in [0.29, 0.717) is 12.2 Å². The molecule has 1 aromatic heterocycles. The van der Waals surface area contributed by atoms with E-state index in [0.717, 1.165) is 36.7 Å². The van der Waals surface area contributed by atoms with Gasteiger partial charge in [-0.3, -0.25) is 4.79 Å². The molecule has 1 N–H and O–H groups in total. The molecule has 0 radical (unpaired) electrons. The molecule has 1 atom stereocenters.